The fraction of sp³-hybridized carbons (Fsp3) is 0.0833. The Kier molecular flexibility index (Phi) is 4.74. The van der Waals surface area contributed by atoms with Gasteiger partial charge < -0.3 is 5.32 Å². The van der Waals surface area contributed by atoms with Crippen LogP contribution in [-0.2, 0) is 4.79 Å². The van der Waals surface area contributed by atoms with Gasteiger partial charge in [0.05, 0.1) is 10.6 Å². The first-order valence-electron chi connectivity index (χ1n) is 5.09. The predicted octanol–water partition coefficient (Wildman–Crippen LogP) is 2.80. The normalized spacial score (nSPS) is 11.0. The lowest BCUT2D eigenvalue weighted by Crippen LogP contribution is -2.09. The lowest BCUT2D eigenvalue weighted by molar-refractivity contribution is -0.384. The van der Waals surface area contributed by atoms with Crippen LogP contribution in [0.5, 0.6) is 0 Å². The van der Waals surface area contributed by atoms with E-state index >= 15 is 0 Å². The Hall–Kier alpha value is -2.50. The number of nitro groups is 1. The fourth-order valence-electron chi connectivity index (χ4n) is 1.15. The van der Waals surface area contributed by atoms with Crippen molar-refractivity contribution < 1.29 is 14.1 Å². The molecule has 0 aliphatic rings. The first-order chi connectivity index (χ1) is 8.54. The summed E-state index contributed by atoms with van der Waals surface area (Å²) in [6.45, 7) is 1.78. The van der Waals surface area contributed by atoms with Crippen LogP contribution in [0.1, 0.15) is 6.92 Å². The van der Waals surface area contributed by atoms with E-state index in [-0.39, 0.29) is 11.4 Å². The number of nitrogens with one attached hydrogen (secondary N) is 1. The molecule has 0 saturated heterocycles. The number of hydrogen-bond acceptors (Lipinski definition) is 3. The number of amides is 1. The van der Waals surface area contributed by atoms with E-state index in [2.05, 4.69) is 5.32 Å². The Balaban J connectivity index is 2.86. The average Bonchev–Trinajstić information content (AvgIpc) is 2.32. The molecule has 0 heterocycles. The molecule has 0 aliphatic heterocycles. The molecule has 0 fully saturated rings. The summed E-state index contributed by atoms with van der Waals surface area (Å²) in [5, 5.41) is 12.7. The number of halogens is 1. The van der Waals surface area contributed by atoms with Crippen LogP contribution in [-0.4, -0.2) is 10.8 Å². The zero-order chi connectivity index (χ0) is 13.5. The molecule has 0 saturated carbocycles. The first kappa shape index (κ1) is 13.6. The Labute approximate surface area is 103 Å². The number of rotatable bonds is 4. The number of carbonyl (C=O) groups is 1. The van der Waals surface area contributed by atoms with Gasteiger partial charge in [-0.1, -0.05) is 18.2 Å². The summed E-state index contributed by atoms with van der Waals surface area (Å²) in [4.78, 5) is 21.2. The highest BCUT2D eigenvalue weighted by molar-refractivity contribution is 5.99. The molecule has 1 rings (SSSR count). The Morgan fingerprint density at radius 3 is 2.78 bits per heavy atom. The molecular weight excluding hydrogens is 239 g/mol. The minimum Gasteiger partial charge on any atom is -0.320 e. The van der Waals surface area contributed by atoms with E-state index in [1.54, 1.807) is 19.1 Å². The topological polar surface area (TPSA) is 72.2 Å². The second-order valence-electron chi connectivity index (χ2n) is 3.30. The van der Waals surface area contributed by atoms with E-state index in [9.17, 15) is 19.3 Å². The molecule has 0 spiro atoms. The van der Waals surface area contributed by atoms with Crippen LogP contribution >= 0.6 is 0 Å². The van der Waals surface area contributed by atoms with Gasteiger partial charge in [0.2, 0.25) is 5.91 Å². The van der Waals surface area contributed by atoms with Gasteiger partial charge in [-0.15, -0.1) is 0 Å². The van der Waals surface area contributed by atoms with Crippen LogP contribution in [0.15, 0.2) is 42.5 Å². The maximum Gasteiger partial charge on any atom is 0.271 e. The van der Waals surface area contributed by atoms with Crippen molar-refractivity contribution in [1.82, 2.24) is 0 Å². The maximum absolute atomic E-state index is 13.3. The molecule has 1 amide bonds. The average molecular weight is 250 g/mol. The van der Waals surface area contributed by atoms with Gasteiger partial charge in [0.15, 0.2) is 0 Å². The zero-order valence-electron chi connectivity index (χ0n) is 9.59. The van der Waals surface area contributed by atoms with Crippen molar-refractivity contribution in [2.24, 2.45) is 0 Å². The summed E-state index contributed by atoms with van der Waals surface area (Å²) in [7, 11) is 0. The van der Waals surface area contributed by atoms with Gasteiger partial charge in [0, 0.05) is 18.2 Å². The number of allylic oxidation sites excluding steroid dienone is 3. The third kappa shape index (κ3) is 3.82. The van der Waals surface area contributed by atoms with Gasteiger partial charge in [-0.25, -0.2) is 4.39 Å². The highest BCUT2D eigenvalue weighted by Gasteiger charge is 2.11. The molecule has 0 radical (unpaired) electrons. The lowest BCUT2D eigenvalue weighted by Gasteiger charge is -2.03. The molecule has 94 valence electrons. The molecule has 0 atom stereocenters. The van der Waals surface area contributed by atoms with E-state index in [4.69, 9.17) is 0 Å². The van der Waals surface area contributed by atoms with E-state index in [0.29, 0.717) is 0 Å². The van der Waals surface area contributed by atoms with E-state index in [0.717, 1.165) is 18.2 Å². The van der Waals surface area contributed by atoms with Crippen molar-refractivity contribution in [2.45, 2.75) is 6.92 Å². The third-order valence-corrected chi connectivity index (χ3v) is 1.97. The number of non-ortho nitro benzene ring substituents is 1. The van der Waals surface area contributed by atoms with E-state index in [1.807, 2.05) is 0 Å². The largest absolute Gasteiger partial charge is 0.320 e. The predicted molar refractivity (Wildman–Crippen MR) is 65.6 cm³/mol. The van der Waals surface area contributed by atoms with Crippen LogP contribution in [0, 0.1) is 15.9 Å². The van der Waals surface area contributed by atoms with Crippen LogP contribution in [0.25, 0.3) is 0 Å². The molecule has 6 heteroatoms. The minimum absolute atomic E-state index is 0.223. The highest BCUT2D eigenvalue weighted by Crippen LogP contribution is 2.21. The zero-order valence-corrected chi connectivity index (χ0v) is 9.59. The molecule has 5 nitrogen and oxygen atoms in total. The maximum atomic E-state index is 13.3. The third-order valence-electron chi connectivity index (χ3n) is 1.97. The van der Waals surface area contributed by atoms with Crippen molar-refractivity contribution in [3.05, 3.63) is 58.4 Å². The smallest absolute Gasteiger partial charge is 0.271 e. The van der Waals surface area contributed by atoms with Crippen molar-refractivity contribution in [2.75, 3.05) is 5.32 Å². The quantitative estimate of drug-likeness (QED) is 0.386. The van der Waals surface area contributed by atoms with E-state index < -0.39 is 16.6 Å². The van der Waals surface area contributed by atoms with Gasteiger partial charge in [-0.2, -0.15) is 0 Å². The SMILES string of the molecule is CC=CC=CC(=O)Nc1cc([N+](=O)[O-])ccc1F. The van der Waals surface area contributed by atoms with Gasteiger partial charge in [0.1, 0.15) is 5.82 Å². The Bertz CT molecular complexity index is 524. The molecule has 0 bridgehead atoms. The summed E-state index contributed by atoms with van der Waals surface area (Å²) >= 11 is 0. The highest BCUT2D eigenvalue weighted by atomic mass is 19.1. The summed E-state index contributed by atoms with van der Waals surface area (Å²) in [6.07, 6.45) is 6.02. The molecule has 1 aromatic carbocycles. The Morgan fingerprint density at radius 1 is 1.44 bits per heavy atom. The van der Waals surface area contributed by atoms with Gasteiger partial charge in [-0.05, 0) is 13.0 Å². The van der Waals surface area contributed by atoms with Crippen LogP contribution in [0.4, 0.5) is 15.8 Å². The molecule has 0 aliphatic carbocycles. The summed E-state index contributed by atoms with van der Waals surface area (Å²) in [5.74, 6) is -1.29. The Morgan fingerprint density at radius 2 is 2.17 bits per heavy atom. The van der Waals surface area contributed by atoms with Crippen molar-refractivity contribution in [3.8, 4) is 0 Å². The minimum atomic E-state index is -0.728. The second kappa shape index (κ2) is 6.29. The van der Waals surface area contributed by atoms with Gasteiger partial charge >= 0.3 is 0 Å². The fourth-order valence-corrected chi connectivity index (χ4v) is 1.15. The molecule has 0 aromatic heterocycles. The number of nitro benzene ring substituents is 1. The van der Waals surface area contributed by atoms with Crippen LogP contribution in [0.2, 0.25) is 0 Å². The van der Waals surface area contributed by atoms with Crippen molar-refractivity contribution >= 4 is 17.3 Å². The summed E-state index contributed by atoms with van der Waals surface area (Å²) in [6, 6.07) is 2.93. The van der Waals surface area contributed by atoms with Crippen molar-refractivity contribution in [3.63, 3.8) is 0 Å². The number of anilines is 1. The molecule has 0 unspecified atom stereocenters. The molecule has 1 N–H and O–H groups in total. The van der Waals surface area contributed by atoms with Crippen LogP contribution < -0.4 is 5.32 Å². The van der Waals surface area contributed by atoms with Crippen LogP contribution in [0.3, 0.4) is 0 Å². The number of nitrogens with zero attached hydrogens (tertiary/aromatic N) is 1. The van der Waals surface area contributed by atoms with Gasteiger partial charge in [0.25, 0.3) is 5.69 Å². The summed E-state index contributed by atoms with van der Waals surface area (Å²) < 4.78 is 13.3. The number of carbonyl (C=O) groups excluding carboxylic acids is 1. The number of hydrogen-bond donors (Lipinski definition) is 1. The molecular formula is C12H11FN2O3. The standard InChI is InChI=1S/C12H11FN2O3/c1-2-3-4-5-12(16)14-11-8-9(15(17)18)6-7-10(11)13/h2-8H,1H3,(H,14,16). The van der Waals surface area contributed by atoms with Gasteiger partial charge in [-0.3, -0.25) is 14.9 Å². The lowest BCUT2D eigenvalue weighted by atomic mass is 10.2. The second-order valence-corrected chi connectivity index (χ2v) is 3.30. The summed E-state index contributed by atoms with van der Waals surface area (Å²) in [5.41, 5.74) is -0.511. The van der Waals surface area contributed by atoms with E-state index in [1.165, 1.54) is 12.2 Å². The molecule has 1 aromatic rings. The first-order valence-corrected chi connectivity index (χ1v) is 5.09. The molecule has 18 heavy (non-hydrogen) atoms. The monoisotopic (exact) mass is 250 g/mol. The number of benzene rings is 1. The van der Waals surface area contributed by atoms with Crippen molar-refractivity contribution in [1.29, 1.82) is 0 Å².